The van der Waals surface area contributed by atoms with E-state index in [0.29, 0.717) is 16.9 Å². The first-order valence-corrected chi connectivity index (χ1v) is 8.93. The van der Waals surface area contributed by atoms with Crippen molar-refractivity contribution in [1.29, 1.82) is 0 Å². The van der Waals surface area contributed by atoms with Crippen molar-refractivity contribution in [1.82, 2.24) is 0 Å². The Balaban J connectivity index is 1.47. The molecule has 1 N–H and O–H groups in total. The van der Waals surface area contributed by atoms with Gasteiger partial charge in [0.15, 0.2) is 6.61 Å². The van der Waals surface area contributed by atoms with Gasteiger partial charge in [0.1, 0.15) is 11.5 Å². The van der Waals surface area contributed by atoms with Crippen molar-refractivity contribution < 1.29 is 14.3 Å². The summed E-state index contributed by atoms with van der Waals surface area (Å²) in [4.78, 5) is 12.0. The lowest BCUT2D eigenvalue weighted by atomic mass is 10.2. The van der Waals surface area contributed by atoms with Gasteiger partial charge in [0.2, 0.25) is 0 Å². The quantitative estimate of drug-likeness (QED) is 0.790. The zero-order valence-electron chi connectivity index (χ0n) is 14.3. The number of aryl methyl sites for hydroxylation is 1. The maximum absolute atomic E-state index is 12.0. The maximum Gasteiger partial charge on any atom is 0.262 e. The summed E-state index contributed by atoms with van der Waals surface area (Å²) in [5.41, 5.74) is 1.64. The number of ether oxygens (including phenoxy) is 2. The first-order valence-electron chi connectivity index (χ1n) is 8.56. The molecule has 0 spiro atoms. The van der Waals surface area contributed by atoms with E-state index in [1.165, 1.54) is 12.8 Å². The van der Waals surface area contributed by atoms with E-state index >= 15 is 0 Å². The number of benzene rings is 2. The molecule has 0 aliphatic heterocycles. The molecule has 0 saturated heterocycles. The third-order valence-electron chi connectivity index (χ3n) is 4.24. The van der Waals surface area contributed by atoms with Gasteiger partial charge in [-0.05, 0) is 80.6 Å². The number of carbonyl (C=O) groups excluding carboxylic acids is 1. The highest BCUT2D eigenvalue weighted by atomic mass is 35.5. The predicted octanol–water partition coefficient (Wildman–Crippen LogP) is 4.99. The number of hydrogen-bond acceptors (Lipinski definition) is 3. The fraction of sp³-hybridized carbons (Fsp3) is 0.350. The van der Waals surface area contributed by atoms with E-state index in [1.54, 1.807) is 12.1 Å². The number of carbonyl (C=O) groups is 1. The summed E-state index contributed by atoms with van der Waals surface area (Å²) in [6.45, 7) is 1.84. The maximum atomic E-state index is 12.0. The Labute approximate surface area is 153 Å². The molecule has 5 heteroatoms. The second-order valence-electron chi connectivity index (χ2n) is 6.30. The first-order chi connectivity index (χ1) is 12.1. The van der Waals surface area contributed by atoms with Crippen molar-refractivity contribution in [2.45, 2.75) is 38.7 Å². The Morgan fingerprint density at radius 2 is 1.80 bits per heavy atom. The van der Waals surface area contributed by atoms with Crippen LogP contribution in [0.3, 0.4) is 0 Å². The minimum atomic E-state index is -0.211. The lowest BCUT2D eigenvalue weighted by Crippen LogP contribution is -2.20. The average Bonchev–Trinajstić information content (AvgIpc) is 3.11. The largest absolute Gasteiger partial charge is 0.490 e. The molecule has 3 rings (SSSR count). The number of anilines is 1. The molecule has 132 valence electrons. The van der Waals surface area contributed by atoms with Crippen molar-refractivity contribution in [3.63, 3.8) is 0 Å². The van der Waals surface area contributed by atoms with E-state index in [4.69, 9.17) is 21.1 Å². The average molecular weight is 360 g/mol. The van der Waals surface area contributed by atoms with Crippen LogP contribution in [0.15, 0.2) is 42.5 Å². The Hall–Kier alpha value is -2.20. The number of halogens is 1. The molecule has 2 aromatic rings. The van der Waals surface area contributed by atoms with Crippen molar-refractivity contribution in [3.05, 3.63) is 53.1 Å². The molecule has 0 atom stereocenters. The molecule has 1 saturated carbocycles. The summed E-state index contributed by atoms with van der Waals surface area (Å²) in [5.74, 6) is 1.26. The van der Waals surface area contributed by atoms with Crippen LogP contribution < -0.4 is 14.8 Å². The number of nitrogens with one attached hydrogen (secondary N) is 1. The van der Waals surface area contributed by atoms with Gasteiger partial charge in [0.05, 0.1) is 6.10 Å². The molecule has 0 aromatic heterocycles. The highest BCUT2D eigenvalue weighted by Crippen LogP contribution is 2.25. The van der Waals surface area contributed by atoms with Crippen LogP contribution in [0.4, 0.5) is 5.69 Å². The molecule has 1 aliphatic rings. The molecule has 1 fully saturated rings. The monoisotopic (exact) mass is 359 g/mol. The Morgan fingerprint density at radius 1 is 1.12 bits per heavy atom. The van der Waals surface area contributed by atoms with Crippen molar-refractivity contribution in [3.8, 4) is 11.5 Å². The Kier molecular flexibility index (Phi) is 5.82. The topological polar surface area (TPSA) is 47.6 Å². The first kappa shape index (κ1) is 17.6. The zero-order chi connectivity index (χ0) is 17.6. The minimum absolute atomic E-state index is 0.0542. The summed E-state index contributed by atoms with van der Waals surface area (Å²) < 4.78 is 11.4. The van der Waals surface area contributed by atoms with Crippen LogP contribution in [0.1, 0.15) is 31.2 Å². The van der Waals surface area contributed by atoms with E-state index in [0.717, 1.165) is 29.8 Å². The summed E-state index contributed by atoms with van der Waals surface area (Å²) in [6.07, 6.45) is 5.06. The summed E-state index contributed by atoms with van der Waals surface area (Å²) >= 11 is 5.97. The van der Waals surface area contributed by atoms with Gasteiger partial charge in [-0.25, -0.2) is 0 Å². The molecule has 0 unspecified atom stereocenters. The predicted molar refractivity (Wildman–Crippen MR) is 99.6 cm³/mol. The number of amides is 1. The zero-order valence-corrected chi connectivity index (χ0v) is 15.0. The molecular formula is C20H22ClNO3. The normalized spacial score (nSPS) is 14.3. The molecule has 4 nitrogen and oxygen atoms in total. The van der Waals surface area contributed by atoms with Crippen LogP contribution in [-0.2, 0) is 4.79 Å². The fourth-order valence-electron chi connectivity index (χ4n) is 2.87. The van der Waals surface area contributed by atoms with E-state index in [1.807, 2.05) is 37.3 Å². The smallest absolute Gasteiger partial charge is 0.262 e. The lowest BCUT2D eigenvalue weighted by Gasteiger charge is -2.13. The Bertz CT molecular complexity index is 724. The van der Waals surface area contributed by atoms with Crippen LogP contribution in [0.5, 0.6) is 11.5 Å². The summed E-state index contributed by atoms with van der Waals surface area (Å²) in [7, 11) is 0. The third kappa shape index (κ3) is 5.13. The Morgan fingerprint density at radius 3 is 2.48 bits per heavy atom. The van der Waals surface area contributed by atoms with Crippen LogP contribution in [0, 0.1) is 6.92 Å². The highest BCUT2D eigenvalue weighted by molar-refractivity contribution is 6.31. The molecule has 1 amide bonds. The van der Waals surface area contributed by atoms with E-state index < -0.39 is 0 Å². The molecule has 25 heavy (non-hydrogen) atoms. The van der Waals surface area contributed by atoms with Gasteiger partial charge in [-0.3, -0.25) is 4.79 Å². The second kappa shape index (κ2) is 8.26. The SMILES string of the molecule is Cc1cc(OCC(=O)Nc2ccc(OC3CCCC3)cc2)ccc1Cl. The van der Waals surface area contributed by atoms with Crippen LogP contribution >= 0.6 is 11.6 Å². The van der Waals surface area contributed by atoms with Crippen LogP contribution in [0.25, 0.3) is 0 Å². The van der Waals surface area contributed by atoms with Gasteiger partial charge in [0.25, 0.3) is 5.91 Å². The molecule has 0 radical (unpaired) electrons. The van der Waals surface area contributed by atoms with Gasteiger partial charge < -0.3 is 14.8 Å². The summed E-state index contributed by atoms with van der Waals surface area (Å²) in [6, 6.07) is 12.8. The van der Waals surface area contributed by atoms with E-state index in [2.05, 4.69) is 5.32 Å². The van der Waals surface area contributed by atoms with Gasteiger partial charge >= 0.3 is 0 Å². The second-order valence-corrected chi connectivity index (χ2v) is 6.70. The third-order valence-corrected chi connectivity index (χ3v) is 4.67. The molecule has 0 bridgehead atoms. The van der Waals surface area contributed by atoms with Crippen molar-refractivity contribution in [2.24, 2.45) is 0 Å². The van der Waals surface area contributed by atoms with Gasteiger partial charge in [-0.2, -0.15) is 0 Å². The standard InChI is InChI=1S/C20H22ClNO3/c1-14-12-18(10-11-19(14)21)24-13-20(23)22-15-6-8-17(9-7-15)25-16-4-2-3-5-16/h6-12,16H,2-5,13H2,1H3,(H,22,23). The van der Waals surface area contributed by atoms with Gasteiger partial charge in [-0.1, -0.05) is 11.6 Å². The lowest BCUT2D eigenvalue weighted by molar-refractivity contribution is -0.118. The van der Waals surface area contributed by atoms with Crippen LogP contribution in [0.2, 0.25) is 5.02 Å². The molecule has 0 heterocycles. The molecular weight excluding hydrogens is 338 g/mol. The highest BCUT2D eigenvalue weighted by Gasteiger charge is 2.16. The molecule has 1 aliphatic carbocycles. The van der Waals surface area contributed by atoms with Gasteiger partial charge in [-0.15, -0.1) is 0 Å². The van der Waals surface area contributed by atoms with Crippen molar-refractivity contribution in [2.75, 3.05) is 11.9 Å². The molecule has 2 aromatic carbocycles. The number of rotatable bonds is 6. The minimum Gasteiger partial charge on any atom is -0.490 e. The van der Waals surface area contributed by atoms with Gasteiger partial charge in [0, 0.05) is 10.7 Å². The van der Waals surface area contributed by atoms with E-state index in [9.17, 15) is 4.79 Å². The van der Waals surface area contributed by atoms with E-state index in [-0.39, 0.29) is 12.5 Å². The van der Waals surface area contributed by atoms with Crippen LogP contribution in [-0.4, -0.2) is 18.6 Å². The summed E-state index contributed by atoms with van der Waals surface area (Å²) in [5, 5.41) is 3.49. The fourth-order valence-corrected chi connectivity index (χ4v) is 2.99. The number of hydrogen-bond donors (Lipinski definition) is 1. The van der Waals surface area contributed by atoms with Crippen molar-refractivity contribution >= 4 is 23.2 Å².